The van der Waals surface area contributed by atoms with E-state index in [0.717, 1.165) is 11.6 Å². The number of nitrogens with zero attached hydrogens (tertiary/aromatic N) is 5. The lowest BCUT2D eigenvalue weighted by Crippen LogP contribution is -2.22. The lowest BCUT2D eigenvalue weighted by molar-refractivity contribution is 0.234. The maximum atomic E-state index is 13.4. The second kappa shape index (κ2) is 7.96. The number of hydrogen-bond donors (Lipinski definition) is 2. The van der Waals surface area contributed by atoms with E-state index in [9.17, 15) is 9.60 Å². The first kappa shape index (κ1) is 17.2. The van der Waals surface area contributed by atoms with E-state index in [2.05, 4.69) is 20.3 Å². The number of pyridine rings is 1. The van der Waals surface area contributed by atoms with Crippen molar-refractivity contribution in [3.63, 3.8) is 0 Å². The van der Waals surface area contributed by atoms with Gasteiger partial charge in [0.1, 0.15) is 17.6 Å². The smallest absolute Gasteiger partial charge is 0.181 e. The number of benzene rings is 1. The molecule has 130 valence electrons. The highest BCUT2D eigenvalue weighted by Gasteiger charge is 2.16. The molecule has 0 aliphatic rings. The fraction of sp³-hybridized carbons (Fsp3) is 0.118. The van der Waals surface area contributed by atoms with Crippen molar-refractivity contribution in [2.24, 2.45) is 4.99 Å². The number of nitrogens with one attached hydrogen (secondary N) is 1. The molecule has 9 heteroatoms. The molecule has 3 aromatic rings. The third kappa shape index (κ3) is 3.88. The minimum absolute atomic E-state index is 0.0218. The lowest BCUT2D eigenvalue weighted by atomic mass is 10.1. The van der Waals surface area contributed by atoms with Crippen molar-refractivity contribution in [3.8, 4) is 6.07 Å². The zero-order valence-corrected chi connectivity index (χ0v) is 13.4. The Hall–Kier alpha value is -3.64. The second-order valence-electron chi connectivity index (χ2n) is 5.26. The summed E-state index contributed by atoms with van der Waals surface area (Å²) in [6.07, 6.45) is 4.55. The van der Waals surface area contributed by atoms with E-state index in [-0.39, 0.29) is 22.8 Å². The number of amidine groups is 1. The maximum absolute atomic E-state index is 13.4. The van der Waals surface area contributed by atoms with Crippen LogP contribution in [0, 0.1) is 17.1 Å². The first-order chi connectivity index (χ1) is 12.7. The molecule has 0 saturated carbocycles. The van der Waals surface area contributed by atoms with E-state index in [4.69, 9.17) is 9.89 Å². The quantitative estimate of drug-likeness (QED) is 0.411. The number of aromatic nitrogens is 3. The molecule has 8 nitrogen and oxygen atoms in total. The maximum Gasteiger partial charge on any atom is 0.181 e. The number of nitriles is 1. The van der Waals surface area contributed by atoms with Crippen molar-refractivity contribution >= 4 is 11.5 Å². The Kier molecular flexibility index (Phi) is 5.26. The molecule has 0 bridgehead atoms. The van der Waals surface area contributed by atoms with E-state index in [1.165, 1.54) is 12.1 Å². The third-order valence-electron chi connectivity index (χ3n) is 3.60. The van der Waals surface area contributed by atoms with E-state index in [1.807, 2.05) is 17.6 Å². The fourth-order valence-corrected chi connectivity index (χ4v) is 2.29. The van der Waals surface area contributed by atoms with Crippen LogP contribution in [0.1, 0.15) is 22.5 Å². The van der Waals surface area contributed by atoms with Gasteiger partial charge in [0.25, 0.3) is 0 Å². The summed E-state index contributed by atoms with van der Waals surface area (Å²) in [5, 5.41) is 25.9. The number of hydrogen-bond acceptors (Lipinski definition) is 7. The van der Waals surface area contributed by atoms with Gasteiger partial charge < -0.3 is 0 Å². The van der Waals surface area contributed by atoms with Crippen LogP contribution in [-0.2, 0) is 12.8 Å². The van der Waals surface area contributed by atoms with Gasteiger partial charge in [-0.25, -0.2) is 14.0 Å². The summed E-state index contributed by atoms with van der Waals surface area (Å²) in [6, 6.07) is 9.26. The number of aryl methyl sites for hydroxylation is 2. The highest BCUT2D eigenvalue weighted by atomic mass is 19.1. The number of hydroxylamine groups is 1. The molecule has 0 unspecified atom stereocenters. The monoisotopic (exact) mass is 352 g/mol. The first-order valence-electron chi connectivity index (χ1n) is 7.60. The molecule has 0 fully saturated rings. The first-order valence-corrected chi connectivity index (χ1v) is 7.60. The Morgan fingerprint density at radius 2 is 2.04 bits per heavy atom. The van der Waals surface area contributed by atoms with Crippen LogP contribution in [0.2, 0.25) is 0 Å². The van der Waals surface area contributed by atoms with Gasteiger partial charge in [0.05, 0.1) is 11.3 Å². The summed E-state index contributed by atoms with van der Waals surface area (Å²) in [5.74, 6) is -0.669. The predicted octanol–water partition coefficient (Wildman–Crippen LogP) is 2.32. The average molecular weight is 352 g/mol. The largest absolute Gasteiger partial charge is 0.290 e. The minimum Gasteiger partial charge on any atom is -0.290 e. The van der Waals surface area contributed by atoms with Crippen LogP contribution >= 0.6 is 0 Å². The number of halogens is 1. The van der Waals surface area contributed by atoms with Crippen LogP contribution in [0.25, 0.3) is 0 Å². The fourth-order valence-electron chi connectivity index (χ4n) is 2.29. The lowest BCUT2D eigenvalue weighted by Gasteiger charge is -2.04. The molecular weight excluding hydrogens is 339 g/mol. The second-order valence-corrected chi connectivity index (χ2v) is 5.26. The highest BCUT2D eigenvalue weighted by Crippen LogP contribution is 2.18. The average Bonchev–Trinajstić information content (AvgIpc) is 3.15. The SMILES string of the molecule is N#Cc1cc(N=C(NO)c2nonc2CCc2ccncc2)ccc1F. The van der Waals surface area contributed by atoms with Crippen molar-refractivity contribution in [1.82, 2.24) is 20.8 Å². The molecule has 0 saturated heterocycles. The van der Waals surface area contributed by atoms with Gasteiger partial charge in [-0.15, -0.1) is 0 Å². The molecule has 0 amide bonds. The van der Waals surface area contributed by atoms with Gasteiger partial charge in [-0.05, 0) is 53.9 Å². The van der Waals surface area contributed by atoms with Gasteiger partial charge in [-0.1, -0.05) is 5.16 Å². The van der Waals surface area contributed by atoms with Gasteiger partial charge in [0.2, 0.25) is 0 Å². The minimum atomic E-state index is -0.647. The van der Waals surface area contributed by atoms with Gasteiger partial charge >= 0.3 is 0 Å². The van der Waals surface area contributed by atoms with E-state index >= 15 is 0 Å². The summed E-state index contributed by atoms with van der Waals surface area (Å²) in [4.78, 5) is 8.11. The summed E-state index contributed by atoms with van der Waals surface area (Å²) < 4.78 is 18.2. The Bertz CT molecular complexity index is 965. The van der Waals surface area contributed by atoms with Gasteiger partial charge in [-0.2, -0.15) is 5.26 Å². The summed E-state index contributed by atoms with van der Waals surface area (Å²) >= 11 is 0. The van der Waals surface area contributed by atoms with Crippen molar-refractivity contribution in [3.05, 3.63) is 71.1 Å². The van der Waals surface area contributed by atoms with Gasteiger partial charge in [-0.3, -0.25) is 15.7 Å². The molecule has 0 aliphatic carbocycles. The van der Waals surface area contributed by atoms with E-state index in [1.54, 1.807) is 18.5 Å². The zero-order valence-electron chi connectivity index (χ0n) is 13.4. The summed E-state index contributed by atoms with van der Waals surface area (Å²) in [6.45, 7) is 0. The molecule has 3 rings (SSSR count). The molecule has 0 atom stereocenters. The topological polar surface area (TPSA) is 120 Å². The van der Waals surface area contributed by atoms with E-state index < -0.39 is 5.82 Å². The third-order valence-corrected chi connectivity index (χ3v) is 3.60. The highest BCUT2D eigenvalue weighted by molar-refractivity contribution is 5.98. The van der Waals surface area contributed by atoms with Crippen LogP contribution in [0.5, 0.6) is 0 Å². The van der Waals surface area contributed by atoms with Gasteiger partial charge in [0, 0.05) is 12.4 Å². The van der Waals surface area contributed by atoms with Crippen LogP contribution < -0.4 is 5.48 Å². The molecule has 2 N–H and O–H groups in total. The Labute approximate surface area is 147 Å². The van der Waals surface area contributed by atoms with Crippen LogP contribution in [-0.4, -0.2) is 26.3 Å². The molecule has 0 spiro atoms. The Morgan fingerprint density at radius 1 is 1.23 bits per heavy atom. The Morgan fingerprint density at radius 3 is 2.77 bits per heavy atom. The molecule has 2 aromatic heterocycles. The molecular formula is C17H13FN6O2. The summed E-state index contributed by atoms with van der Waals surface area (Å²) in [5.41, 5.74) is 3.83. The van der Waals surface area contributed by atoms with Gasteiger partial charge in [0.15, 0.2) is 11.5 Å². The molecule has 0 radical (unpaired) electrons. The van der Waals surface area contributed by atoms with Crippen LogP contribution in [0.15, 0.2) is 52.3 Å². The standard InChI is InChI=1S/C17H13FN6O2/c18-14-3-2-13(9-12(14)10-19)21-17(22-25)16-15(23-26-24-16)4-1-11-5-7-20-8-6-11/h2-3,5-9,25H,1,4H2,(H,21,22). The van der Waals surface area contributed by atoms with Crippen molar-refractivity contribution in [2.45, 2.75) is 12.8 Å². The Balaban J connectivity index is 1.85. The number of rotatable bonds is 5. The predicted molar refractivity (Wildman–Crippen MR) is 88.2 cm³/mol. The zero-order chi connectivity index (χ0) is 18.4. The summed E-state index contributed by atoms with van der Waals surface area (Å²) in [7, 11) is 0. The molecule has 26 heavy (non-hydrogen) atoms. The number of aliphatic imine (C=N–C) groups is 1. The van der Waals surface area contributed by atoms with E-state index in [0.29, 0.717) is 18.5 Å². The van der Waals surface area contributed by atoms with Crippen LogP contribution in [0.4, 0.5) is 10.1 Å². The van der Waals surface area contributed by atoms with Crippen molar-refractivity contribution in [2.75, 3.05) is 0 Å². The molecule has 2 heterocycles. The molecule has 0 aliphatic heterocycles. The van der Waals surface area contributed by atoms with Crippen molar-refractivity contribution < 1.29 is 14.2 Å². The molecule has 1 aromatic carbocycles. The van der Waals surface area contributed by atoms with Crippen LogP contribution in [0.3, 0.4) is 0 Å². The normalized spacial score (nSPS) is 11.2. The van der Waals surface area contributed by atoms with Crippen molar-refractivity contribution in [1.29, 1.82) is 5.26 Å².